The van der Waals surface area contributed by atoms with Gasteiger partial charge in [0.2, 0.25) is 0 Å². The van der Waals surface area contributed by atoms with Crippen molar-refractivity contribution < 1.29 is 0 Å². The van der Waals surface area contributed by atoms with Crippen molar-refractivity contribution in [2.45, 2.75) is 19.8 Å². The summed E-state index contributed by atoms with van der Waals surface area (Å²) < 4.78 is 1.76. The Balaban J connectivity index is 2.34. The molecule has 2 aromatic heterocycles. The zero-order chi connectivity index (χ0) is 9.97. The second-order valence-corrected chi connectivity index (χ2v) is 3.41. The SMILES string of the molecule is CC(C)c1ccn(-c2ccncn2)n1. The molecule has 0 unspecified atom stereocenters. The van der Waals surface area contributed by atoms with Crippen LogP contribution in [0, 0.1) is 0 Å². The molecule has 4 nitrogen and oxygen atoms in total. The normalized spacial score (nSPS) is 10.8. The molecule has 0 aliphatic heterocycles. The highest BCUT2D eigenvalue weighted by Crippen LogP contribution is 2.12. The molecule has 2 rings (SSSR count). The first-order valence-corrected chi connectivity index (χ1v) is 4.59. The average molecular weight is 188 g/mol. The Morgan fingerprint density at radius 2 is 2.14 bits per heavy atom. The molecule has 2 heterocycles. The third-order valence-electron chi connectivity index (χ3n) is 2.00. The van der Waals surface area contributed by atoms with Gasteiger partial charge in [0.25, 0.3) is 0 Å². The number of hydrogen-bond donors (Lipinski definition) is 0. The van der Waals surface area contributed by atoms with Crippen molar-refractivity contribution in [2.24, 2.45) is 0 Å². The van der Waals surface area contributed by atoms with Crippen molar-refractivity contribution in [3.05, 3.63) is 36.5 Å². The zero-order valence-electron chi connectivity index (χ0n) is 8.25. The molecule has 2 aromatic rings. The van der Waals surface area contributed by atoms with Crippen LogP contribution in [0.3, 0.4) is 0 Å². The van der Waals surface area contributed by atoms with Gasteiger partial charge in [-0.15, -0.1) is 0 Å². The van der Waals surface area contributed by atoms with Gasteiger partial charge in [-0.1, -0.05) is 13.8 Å². The van der Waals surface area contributed by atoms with Crippen LogP contribution in [0.5, 0.6) is 0 Å². The van der Waals surface area contributed by atoms with E-state index in [1.807, 2.05) is 18.3 Å². The Hall–Kier alpha value is -1.71. The van der Waals surface area contributed by atoms with E-state index in [0.717, 1.165) is 11.5 Å². The number of nitrogens with zero attached hydrogens (tertiary/aromatic N) is 4. The fourth-order valence-electron chi connectivity index (χ4n) is 1.19. The van der Waals surface area contributed by atoms with E-state index in [1.54, 1.807) is 10.9 Å². The largest absolute Gasteiger partial charge is 0.245 e. The first-order chi connectivity index (χ1) is 6.77. The van der Waals surface area contributed by atoms with Crippen LogP contribution in [-0.2, 0) is 0 Å². The lowest BCUT2D eigenvalue weighted by atomic mass is 10.1. The highest BCUT2D eigenvalue weighted by atomic mass is 15.3. The summed E-state index contributed by atoms with van der Waals surface area (Å²) in [5.41, 5.74) is 1.07. The van der Waals surface area contributed by atoms with E-state index < -0.39 is 0 Å². The van der Waals surface area contributed by atoms with Crippen LogP contribution in [0.15, 0.2) is 30.9 Å². The number of hydrogen-bond acceptors (Lipinski definition) is 3. The summed E-state index contributed by atoms with van der Waals surface area (Å²) in [4.78, 5) is 7.97. The van der Waals surface area contributed by atoms with Gasteiger partial charge in [0.15, 0.2) is 5.82 Å². The molecule has 0 aliphatic rings. The summed E-state index contributed by atoms with van der Waals surface area (Å²) in [5, 5.41) is 4.41. The van der Waals surface area contributed by atoms with Crippen molar-refractivity contribution >= 4 is 0 Å². The minimum atomic E-state index is 0.443. The summed E-state index contributed by atoms with van der Waals surface area (Å²) in [6.07, 6.45) is 5.14. The summed E-state index contributed by atoms with van der Waals surface area (Å²) in [7, 11) is 0. The molecule has 0 aliphatic carbocycles. The van der Waals surface area contributed by atoms with Gasteiger partial charge < -0.3 is 0 Å². The Morgan fingerprint density at radius 1 is 1.29 bits per heavy atom. The predicted octanol–water partition coefficient (Wildman–Crippen LogP) is 1.79. The van der Waals surface area contributed by atoms with Crippen LogP contribution < -0.4 is 0 Å². The first kappa shape index (κ1) is 8.87. The zero-order valence-corrected chi connectivity index (χ0v) is 8.25. The van der Waals surface area contributed by atoms with Crippen LogP contribution in [-0.4, -0.2) is 19.7 Å². The molecule has 0 radical (unpaired) electrons. The highest BCUT2D eigenvalue weighted by Gasteiger charge is 2.04. The van der Waals surface area contributed by atoms with Gasteiger partial charge in [-0.2, -0.15) is 5.10 Å². The molecule has 0 amide bonds. The van der Waals surface area contributed by atoms with E-state index in [-0.39, 0.29) is 0 Å². The second kappa shape index (κ2) is 3.57. The van der Waals surface area contributed by atoms with Crippen molar-refractivity contribution in [3.63, 3.8) is 0 Å². The van der Waals surface area contributed by atoms with Crippen LogP contribution in [0.4, 0.5) is 0 Å². The molecule has 14 heavy (non-hydrogen) atoms. The second-order valence-electron chi connectivity index (χ2n) is 3.41. The summed E-state index contributed by atoms with van der Waals surface area (Å²) in [6.45, 7) is 4.24. The molecule has 0 bridgehead atoms. The van der Waals surface area contributed by atoms with Crippen LogP contribution in [0.1, 0.15) is 25.5 Å². The maximum absolute atomic E-state index is 4.41. The Bertz CT molecular complexity index is 405. The van der Waals surface area contributed by atoms with Crippen molar-refractivity contribution in [1.82, 2.24) is 19.7 Å². The quantitative estimate of drug-likeness (QED) is 0.721. The van der Waals surface area contributed by atoms with E-state index >= 15 is 0 Å². The fraction of sp³-hybridized carbons (Fsp3) is 0.300. The predicted molar refractivity (Wildman–Crippen MR) is 53.2 cm³/mol. The van der Waals surface area contributed by atoms with Crippen LogP contribution in [0.2, 0.25) is 0 Å². The maximum atomic E-state index is 4.41. The standard InChI is InChI=1S/C10H12N4/c1-8(2)9-4-6-14(13-9)10-3-5-11-7-12-10/h3-8H,1-2H3. The topological polar surface area (TPSA) is 43.6 Å². The van der Waals surface area contributed by atoms with Gasteiger partial charge in [0.1, 0.15) is 6.33 Å². The Kier molecular flexibility index (Phi) is 2.26. The van der Waals surface area contributed by atoms with Crippen LogP contribution >= 0.6 is 0 Å². The lowest BCUT2D eigenvalue weighted by molar-refractivity contribution is 0.756. The van der Waals surface area contributed by atoms with E-state index in [0.29, 0.717) is 5.92 Å². The van der Waals surface area contributed by atoms with Crippen molar-refractivity contribution in [2.75, 3.05) is 0 Å². The van der Waals surface area contributed by atoms with Gasteiger partial charge in [-0.05, 0) is 12.0 Å². The van der Waals surface area contributed by atoms with Crippen molar-refractivity contribution in [3.8, 4) is 5.82 Å². The lowest BCUT2D eigenvalue weighted by Crippen LogP contribution is -1.99. The molecule has 0 N–H and O–H groups in total. The third kappa shape index (κ3) is 1.64. The molecule has 4 heteroatoms. The Morgan fingerprint density at radius 3 is 2.71 bits per heavy atom. The van der Waals surface area contributed by atoms with Gasteiger partial charge in [-0.3, -0.25) is 0 Å². The van der Waals surface area contributed by atoms with E-state index in [9.17, 15) is 0 Å². The molecule has 72 valence electrons. The van der Waals surface area contributed by atoms with E-state index in [1.165, 1.54) is 6.33 Å². The number of aromatic nitrogens is 4. The van der Waals surface area contributed by atoms with E-state index in [4.69, 9.17) is 0 Å². The minimum absolute atomic E-state index is 0.443. The lowest BCUT2D eigenvalue weighted by Gasteiger charge is -1.99. The smallest absolute Gasteiger partial charge is 0.156 e. The maximum Gasteiger partial charge on any atom is 0.156 e. The molecule has 0 fully saturated rings. The third-order valence-corrected chi connectivity index (χ3v) is 2.00. The van der Waals surface area contributed by atoms with Gasteiger partial charge in [-0.25, -0.2) is 14.6 Å². The fourth-order valence-corrected chi connectivity index (χ4v) is 1.19. The number of rotatable bonds is 2. The highest BCUT2D eigenvalue weighted by molar-refractivity contribution is 5.19. The first-order valence-electron chi connectivity index (χ1n) is 4.59. The van der Waals surface area contributed by atoms with Gasteiger partial charge in [0, 0.05) is 18.5 Å². The summed E-state index contributed by atoms with van der Waals surface area (Å²) in [6, 6.07) is 3.84. The van der Waals surface area contributed by atoms with Crippen LogP contribution in [0.25, 0.3) is 5.82 Å². The van der Waals surface area contributed by atoms with Gasteiger partial charge in [0.05, 0.1) is 5.69 Å². The van der Waals surface area contributed by atoms with Gasteiger partial charge >= 0.3 is 0 Å². The molecular weight excluding hydrogens is 176 g/mol. The molecule has 0 aromatic carbocycles. The monoisotopic (exact) mass is 188 g/mol. The summed E-state index contributed by atoms with van der Waals surface area (Å²) in [5.74, 6) is 1.24. The molecule has 0 saturated heterocycles. The minimum Gasteiger partial charge on any atom is -0.245 e. The molecule has 0 atom stereocenters. The van der Waals surface area contributed by atoms with Crippen molar-refractivity contribution in [1.29, 1.82) is 0 Å². The molecule has 0 saturated carbocycles. The average Bonchev–Trinajstić information content (AvgIpc) is 2.68. The van der Waals surface area contributed by atoms with E-state index in [2.05, 4.69) is 28.9 Å². The Labute approximate surface area is 82.6 Å². The summed E-state index contributed by atoms with van der Waals surface area (Å²) >= 11 is 0. The molecular formula is C10H12N4. The molecule has 0 spiro atoms.